The second-order valence-corrected chi connectivity index (χ2v) is 4.98. The lowest BCUT2D eigenvalue weighted by molar-refractivity contribution is 0.0903. The fraction of sp³-hybridized carbons (Fsp3) is 0.0667. The molecular weight excluding hydrogens is 343 g/mol. The van der Waals surface area contributed by atoms with Crippen LogP contribution in [-0.4, -0.2) is 23.8 Å². The third-order valence-electron chi connectivity index (χ3n) is 2.72. The van der Waals surface area contributed by atoms with Crippen molar-refractivity contribution in [2.45, 2.75) is 0 Å². The topological polar surface area (TPSA) is 63.6 Å². The molecule has 0 aromatic heterocycles. The van der Waals surface area contributed by atoms with Gasteiger partial charge in [0.1, 0.15) is 12.4 Å². The van der Waals surface area contributed by atoms with Crippen molar-refractivity contribution >= 4 is 28.0 Å². The number of aldehydes is 1. The average Bonchev–Trinajstić information content (AvgIpc) is 2.50. The Morgan fingerprint density at radius 3 is 2.67 bits per heavy atom. The lowest BCUT2D eigenvalue weighted by Crippen LogP contribution is -2.04. The molecule has 108 valence electrons. The quantitative estimate of drug-likeness (QED) is 0.661. The number of ketones is 1. The van der Waals surface area contributed by atoms with Crippen molar-refractivity contribution in [3.63, 3.8) is 0 Å². The summed E-state index contributed by atoms with van der Waals surface area (Å²) in [6.45, 7) is -0.685. The number of aliphatic hydroxyl groups excluding tert-OH is 1. The number of rotatable bonds is 5. The zero-order valence-corrected chi connectivity index (χ0v) is 12.3. The zero-order valence-electron chi connectivity index (χ0n) is 10.7. The predicted octanol–water partition coefficient (Wildman–Crippen LogP) is 3.37. The molecule has 2 aromatic rings. The Labute approximate surface area is 128 Å². The maximum Gasteiger partial charge on any atom is 0.188 e. The maximum absolute atomic E-state index is 13.9. The summed E-state index contributed by atoms with van der Waals surface area (Å²) in [6.07, 6.45) is 0.649. The van der Waals surface area contributed by atoms with E-state index < -0.39 is 18.2 Å². The van der Waals surface area contributed by atoms with Crippen LogP contribution in [0.2, 0.25) is 0 Å². The van der Waals surface area contributed by atoms with E-state index in [9.17, 15) is 14.0 Å². The van der Waals surface area contributed by atoms with Crippen molar-refractivity contribution < 1.29 is 23.8 Å². The second kappa shape index (κ2) is 6.60. The largest absolute Gasteiger partial charge is 0.454 e. The van der Waals surface area contributed by atoms with E-state index >= 15 is 0 Å². The Morgan fingerprint density at radius 1 is 1.29 bits per heavy atom. The van der Waals surface area contributed by atoms with Crippen LogP contribution in [0, 0.1) is 5.82 Å². The number of ether oxygens (including phenoxy) is 1. The van der Waals surface area contributed by atoms with Crippen LogP contribution < -0.4 is 4.74 Å². The summed E-state index contributed by atoms with van der Waals surface area (Å²) in [6, 6.07) is 8.29. The van der Waals surface area contributed by atoms with E-state index in [1.54, 1.807) is 12.1 Å². The molecular formula is C15H10BrFO4. The van der Waals surface area contributed by atoms with E-state index in [1.807, 2.05) is 0 Å². The van der Waals surface area contributed by atoms with Gasteiger partial charge in [0.05, 0.1) is 0 Å². The molecule has 4 nitrogen and oxygen atoms in total. The molecule has 0 aliphatic heterocycles. The Hall–Kier alpha value is -2.05. The number of carbonyl (C=O) groups excluding carboxylic acids is 2. The van der Waals surface area contributed by atoms with Gasteiger partial charge in [0.15, 0.2) is 23.6 Å². The molecule has 0 bridgehead atoms. The number of benzene rings is 2. The van der Waals surface area contributed by atoms with Gasteiger partial charge in [-0.25, -0.2) is 4.39 Å². The van der Waals surface area contributed by atoms with E-state index in [0.717, 1.165) is 6.07 Å². The molecule has 0 spiro atoms. The minimum Gasteiger partial charge on any atom is -0.454 e. The first-order chi connectivity index (χ1) is 10.0. The van der Waals surface area contributed by atoms with E-state index in [2.05, 4.69) is 15.9 Å². The summed E-state index contributed by atoms with van der Waals surface area (Å²) in [5.41, 5.74) is 0.437. The standard InChI is InChI=1S/C15H10BrFO4/c16-12-3-2-11(5-10(12)7-18)21-15-4-1-9(6-13(15)17)14(20)8-19/h1-7,19H,8H2. The molecule has 21 heavy (non-hydrogen) atoms. The van der Waals surface area contributed by atoms with Gasteiger partial charge in [0, 0.05) is 15.6 Å². The van der Waals surface area contributed by atoms with Crippen molar-refractivity contribution in [1.82, 2.24) is 0 Å². The van der Waals surface area contributed by atoms with Gasteiger partial charge in [-0.1, -0.05) is 15.9 Å². The van der Waals surface area contributed by atoms with E-state index in [0.29, 0.717) is 22.1 Å². The molecule has 0 radical (unpaired) electrons. The SMILES string of the molecule is O=Cc1cc(Oc2ccc(C(=O)CO)cc2F)ccc1Br. The van der Waals surface area contributed by atoms with Gasteiger partial charge in [0.25, 0.3) is 0 Å². The fourth-order valence-corrected chi connectivity index (χ4v) is 1.99. The van der Waals surface area contributed by atoms with Crippen LogP contribution in [0.4, 0.5) is 4.39 Å². The van der Waals surface area contributed by atoms with Gasteiger partial charge >= 0.3 is 0 Å². The van der Waals surface area contributed by atoms with Crippen LogP contribution in [0.1, 0.15) is 20.7 Å². The van der Waals surface area contributed by atoms with E-state index in [1.165, 1.54) is 18.2 Å². The zero-order chi connectivity index (χ0) is 15.4. The number of hydrogen-bond acceptors (Lipinski definition) is 4. The lowest BCUT2D eigenvalue weighted by atomic mass is 10.1. The minimum atomic E-state index is -0.732. The monoisotopic (exact) mass is 352 g/mol. The third-order valence-corrected chi connectivity index (χ3v) is 3.44. The number of Topliss-reactive ketones (excluding diaryl/α,β-unsaturated/α-hetero) is 1. The Morgan fingerprint density at radius 2 is 2.05 bits per heavy atom. The predicted molar refractivity (Wildman–Crippen MR) is 77.4 cm³/mol. The van der Waals surface area contributed by atoms with Gasteiger partial charge in [-0.05, 0) is 36.4 Å². The lowest BCUT2D eigenvalue weighted by Gasteiger charge is -2.09. The van der Waals surface area contributed by atoms with Crippen LogP contribution >= 0.6 is 15.9 Å². The van der Waals surface area contributed by atoms with Crippen molar-refractivity contribution in [3.8, 4) is 11.5 Å². The Kier molecular flexibility index (Phi) is 4.82. The molecule has 0 saturated heterocycles. The first-order valence-electron chi connectivity index (χ1n) is 5.91. The molecule has 0 aliphatic rings. The first kappa shape index (κ1) is 15.3. The number of carbonyl (C=O) groups is 2. The second-order valence-electron chi connectivity index (χ2n) is 4.13. The summed E-state index contributed by atoms with van der Waals surface area (Å²) < 4.78 is 19.8. The maximum atomic E-state index is 13.9. The summed E-state index contributed by atoms with van der Waals surface area (Å²) in [5.74, 6) is -1.10. The summed E-state index contributed by atoms with van der Waals surface area (Å²) in [7, 11) is 0. The summed E-state index contributed by atoms with van der Waals surface area (Å²) in [5, 5.41) is 8.73. The van der Waals surface area contributed by atoms with Crippen molar-refractivity contribution in [1.29, 1.82) is 0 Å². The van der Waals surface area contributed by atoms with E-state index in [4.69, 9.17) is 9.84 Å². The average molecular weight is 353 g/mol. The normalized spacial score (nSPS) is 10.2. The molecule has 0 saturated carbocycles. The molecule has 2 aromatic carbocycles. The van der Waals surface area contributed by atoms with Gasteiger partial charge < -0.3 is 9.84 Å². The van der Waals surface area contributed by atoms with Crippen molar-refractivity contribution in [3.05, 3.63) is 57.8 Å². The summed E-state index contributed by atoms with van der Waals surface area (Å²) >= 11 is 3.20. The van der Waals surface area contributed by atoms with E-state index in [-0.39, 0.29) is 11.3 Å². The molecule has 1 N–H and O–H groups in total. The molecule has 0 aliphatic carbocycles. The van der Waals surface area contributed by atoms with Gasteiger partial charge in [-0.15, -0.1) is 0 Å². The van der Waals surface area contributed by atoms with Crippen LogP contribution in [0.5, 0.6) is 11.5 Å². The Bertz CT molecular complexity index is 700. The van der Waals surface area contributed by atoms with Crippen LogP contribution in [-0.2, 0) is 0 Å². The minimum absolute atomic E-state index is 0.0618. The fourth-order valence-electron chi connectivity index (χ4n) is 1.65. The van der Waals surface area contributed by atoms with Crippen molar-refractivity contribution in [2.24, 2.45) is 0 Å². The Balaban J connectivity index is 2.28. The molecule has 2 rings (SSSR count). The summed E-state index contributed by atoms with van der Waals surface area (Å²) in [4.78, 5) is 22.1. The first-order valence-corrected chi connectivity index (χ1v) is 6.70. The van der Waals surface area contributed by atoms with Gasteiger partial charge in [-0.2, -0.15) is 0 Å². The highest BCUT2D eigenvalue weighted by molar-refractivity contribution is 9.10. The molecule has 0 fully saturated rings. The third kappa shape index (κ3) is 3.53. The molecule has 0 amide bonds. The highest BCUT2D eigenvalue weighted by Gasteiger charge is 2.11. The highest BCUT2D eigenvalue weighted by atomic mass is 79.9. The molecule has 0 atom stereocenters. The van der Waals surface area contributed by atoms with Gasteiger partial charge in [0.2, 0.25) is 0 Å². The highest BCUT2D eigenvalue weighted by Crippen LogP contribution is 2.28. The van der Waals surface area contributed by atoms with Crippen molar-refractivity contribution in [2.75, 3.05) is 6.61 Å². The number of aliphatic hydroxyl groups is 1. The van der Waals surface area contributed by atoms with Crippen LogP contribution in [0.15, 0.2) is 40.9 Å². The number of halogens is 2. The van der Waals surface area contributed by atoms with Crippen LogP contribution in [0.25, 0.3) is 0 Å². The molecule has 6 heteroatoms. The smallest absolute Gasteiger partial charge is 0.188 e. The molecule has 0 heterocycles. The molecule has 0 unspecified atom stereocenters. The number of hydrogen-bond donors (Lipinski definition) is 1. The van der Waals surface area contributed by atoms with Gasteiger partial charge in [-0.3, -0.25) is 9.59 Å². The van der Waals surface area contributed by atoms with Crippen LogP contribution in [0.3, 0.4) is 0 Å².